The van der Waals surface area contributed by atoms with Gasteiger partial charge in [0.1, 0.15) is 6.20 Å². The normalized spacial score (nSPS) is 11.2. The maximum absolute atomic E-state index is 10.5. The molecule has 1 aromatic rings. The fourth-order valence-electron chi connectivity index (χ4n) is 1.37. The molecule has 18 heavy (non-hydrogen) atoms. The van der Waals surface area contributed by atoms with E-state index >= 15 is 0 Å². The van der Waals surface area contributed by atoms with Gasteiger partial charge in [-0.15, -0.1) is 0 Å². The number of anilines is 1. The van der Waals surface area contributed by atoms with Crippen molar-refractivity contribution in [2.75, 3.05) is 25.5 Å². The molecule has 0 aliphatic rings. The third-order valence-electron chi connectivity index (χ3n) is 2.77. The second-order valence-electron chi connectivity index (χ2n) is 4.47. The van der Waals surface area contributed by atoms with E-state index in [1.807, 2.05) is 0 Å². The van der Waals surface area contributed by atoms with Crippen molar-refractivity contribution in [2.45, 2.75) is 32.7 Å². The molecule has 1 rings (SSSR count). The molecule has 0 unspecified atom stereocenters. The van der Waals surface area contributed by atoms with Crippen LogP contribution < -0.4 is 5.32 Å². The van der Waals surface area contributed by atoms with Crippen LogP contribution in [0.3, 0.4) is 0 Å². The summed E-state index contributed by atoms with van der Waals surface area (Å²) in [6, 6.07) is 0.569. The quantitative estimate of drug-likeness (QED) is 0.447. The lowest BCUT2D eigenvalue weighted by Gasteiger charge is -2.20. The van der Waals surface area contributed by atoms with Gasteiger partial charge in [0.25, 0.3) is 0 Å². The monoisotopic (exact) mass is 272 g/mol. The van der Waals surface area contributed by atoms with Gasteiger partial charge in [0, 0.05) is 12.6 Å². The molecule has 0 bridgehead atoms. The van der Waals surface area contributed by atoms with E-state index in [0.717, 1.165) is 37.3 Å². The molecular weight excluding hydrogens is 252 g/mol. The molecule has 0 radical (unpaired) electrons. The van der Waals surface area contributed by atoms with Crippen molar-refractivity contribution in [3.05, 3.63) is 16.3 Å². The number of hydrogen-bond acceptors (Lipinski definition) is 6. The number of nitrogens with zero attached hydrogens (tertiary/aromatic N) is 3. The van der Waals surface area contributed by atoms with Crippen LogP contribution in [0, 0.1) is 10.1 Å². The maximum Gasteiger partial charge on any atom is 0.345 e. The summed E-state index contributed by atoms with van der Waals surface area (Å²) in [7, 11) is 2.11. The lowest BCUT2D eigenvalue weighted by molar-refractivity contribution is -0.380. The van der Waals surface area contributed by atoms with E-state index in [-0.39, 0.29) is 5.00 Å². The number of nitrogens with one attached hydrogen (secondary N) is 1. The van der Waals surface area contributed by atoms with Gasteiger partial charge < -0.3 is 10.2 Å². The van der Waals surface area contributed by atoms with Crippen LogP contribution >= 0.6 is 11.3 Å². The second-order valence-corrected chi connectivity index (χ2v) is 5.48. The second kappa shape index (κ2) is 7.27. The highest BCUT2D eigenvalue weighted by Gasteiger charge is 2.10. The number of thiazole rings is 1. The molecule has 1 N–H and O–H groups in total. The number of nitro groups is 1. The van der Waals surface area contributed by atoms with Crippen LogP contribution in [0.15, 0.2) is 6.20 Å². The predicted molar refractivity (Wildman–Crippen MR) is 74.3 cm³/mol. The molecule has 0 fully saturated rings. The van der Waals surface area contributed by atoms with Crippen molar-refractivity contribution >= 4 is 21.5 Å². The Bertz CT molecular complexity index is 381. The van der Waals surface area contributed by atoms with Gasteiger partial charge in [-0.1, -0.05) is 0 Å². The van der Waals surface area contributed by atoms with Crippen molar-refractivity contribution < 1.29 is 4.92 Å². The van der Waals surface area contributed by atoms with Gasteiger partial charge in [0.05, 0.1) is 4.92 Å². The van der Waals surface area contributed by atoms with Gasteiger partial charge in [-0.05, 0) is 51.6 Å². The van der Waals surface area contributed by atoms with Crippen LogP contribution in [0.5, 0.6) is 0 Å². The Labute approximate surface area is 111 Å². The molecule has 0 spiro atoms. The first-order chi connectivity index (χ1) is 8.50. The van der Waals surface area contributed by atoms with Crippen molar-refractivity contribution in [2.24, 2.45) is 0 Å². The molecule has 0 aliphatic carbocycles. The standard InChI is InChI=1S/C11H20N4O2S/c1-9(2)14(3)7-5-4-6-12-11-13-8-10(18-11)15(16)17/h8-9H,4-7H2,1-3H3,(H,12,13). The fraction of sp³-hybridized carbons (Fsp3) is 0.727. The van der Waals surface area contributed by atoms with E-state index in [1.54, 1.807) is 0 Å². The zero-order valence-electron chi connectivity index (χ0n) is 11.0. The van der Waals surface area contributed by atoms with Gasteiger partial charge in [-0.25, -0.2) is 4.98 Å². The van der Waals surface area contributed by atoms with E-state index in [4.69, 9.17) is 0 Å². The topological polar surface area (TPSA) is 71.3 Å². The first-order valence-electron chi connectivity index (χ1n) is 6.05. The Balaban J connectivity index is 2.16. The summed E-state index contributed by atoms with van der Waals surface area (Å²) in [5.41, 5.74) is 0. The van der Waals surface area contributed by atoms with E-state index in [9.17, 15) is 10.1 Å². The highest BCUT2D eigenvalue weighted by molar-refractivity contribution is 7.18. The molecule has 0 aliphatic heterocycles. The minimum Gasteiger partial charge on any atom is -0.361 e. The van der Waals surface area contributed by atoms with Gasteiger partial charge in [-0.3, -0.25) is 10.1 Å². The Morgan fingerprint density at radius 2 is 2.28 bits per heavy atom. The smallest absolute Gasteiger partial charge is 0.345 e. The molecule has 0 aromatic carbocycles. The summed E-state index contributed by atoms with van der Waals surface area (Å²) >= 11 is 1.08. The largest absolute Gasteiger partial charge is 0.361 e. The van der Waals surface area contributed by atoms with Crippen molar-refractivity contribution in [3.63, 3.8) is 0 Å². The van der Waals surface area contributed by atoms with E-state index in [2.05, 4.69) is 36.1 Å². The predicted octanol–water partition coefficient (Wildman–Crippen LogP) is 2.58. The summed E-state index contributed by atoms with van der Waals surface area (Å²) in [5.74, 6) is 0. The van der Waals surface area contributed by atoms with E-state index < -0.39 is 4.92 Å². The van der Waals surface area contributed by atoms with E-state index in [1.165, 1.54) is 6.20 Å². The molecular formula is C11H20N4O2S. The van der Waals surface area contributed by atoms with Crippen molar-refractivity contribution in [1.29, 1.82) is 0 Å². The molecule has 102 valence electrons. The summed E-state index contributed by atoms with van der Waals surface area (Å²) in [6.07, 6.45) is 3.43. The van der Waals surface area contributed by atoms with Crippen LogP contribution in [0.2, 0.25) is 0 Å². The van der Waals surface area contributed by atoms with Gasteiger partial charge in [-0.2, -0.15) is 0 Å². The lowest BCUT2D eigenvalue weighted by atomic mass is 10.2. The van der Waals surface area contributed by atoms with Crippen LogP contribution in [-0.2, 0) is 0 Å². The summed E-state index contributed by atoms with van der Waals surface area (Å²) in [5, 5.41) is 14.3. The number of aromatic nitrogens is 1. The molecule has 0 saturated heterocycles. The molecule has 0 saturated carbocycles. The SMILES string of the molecule is CC(C)N(C)CCCCNc1ncc([N+](=O)[O-])s1. The van der Waals surface area contributed by atoms with E-state index in [0.29, 0.717) is 11.2 Å². The molecule has 1 aromatic heterocycles. The third-order valence-corrected chi connectivity index (χ3v) is 3.68. The first-order valence-corrected chi connectivity index (χ1v) is 6.86. The zero-order valence-corrected chi connectivity index (χ0v) is 11.9. The first kappa shape index (κ1) is 14.8. The molecule has 1 heterocycles. The zero-order chi connectivity index (χ0) is 13.5. The number of rotatable bonds is 8. The average Bonchev–Trinajstić information content (AvgIpc) is 2.77. The summed E-state index contributed by atoms with van der Waals surface area (Å²) < 4.78 is 0. The van der Waals surface area contributed by atoms with Crippen LogP contribution in [0.1, 0.15) is 26.7 Å². The molecule has 0 amide bonds. The highest BCUT2D eigenvalue weighted by atomic mass is 32.1. The number of unbranched alkanes of at least 4 members (excludes halogenated alkanes) is 1. The van der Waals surface area contributed by atoms with Crippen LogP contribution in [0.25, 0.3) is 0 Å². The minimum absolute atomic E-state index is 0.0806. The van der Waals surface area contributed by atoms with Crippen molar-refractivity contribution in [1.82, 2.24) is 9.88 Å². The Morgan fingerprint density at radius 3 is 2.83 bits per heavy atom. The summed E-state index contributed by atoms with van der Waals surface area (Å²) in [4.78, 5) is 16.3. The fourth-order valence-corrected chi connectivity index (χ4v) is 2.03. The van der Waals surface area contributed by atoms with Crippen LogP contribution in [0.4, 0.5) is 10.1 Å². The number of hydrogen-bond donors (Lipinski definition) is 1. The summed E-state index contributed by atoms with van der Waals surface area (Å²) in [6.45, 7) is 6.22. The Kier molecular flexibility index (Phi) is 6.00. The van der Waals surface area contributed by atoms with Gasteiger partial charge in [0.15, 0.2) is 5.13 Å². The Morgan fingerprint density at radius 1 is 1.56 bits per heavy atom. The minimum atomic E-state index is -0.416. The lowest BCUT2D eigenvalue weighted by Crippen LogP contribution is -2.27. The average molecular weight is 272 g/mol. The van der Waals surface area contributed by atoms with Gasteiger partial charge in [0.2, 0.25) is 0 Å². The third kappa shape index (κ3) is 4.97. The molecule has 0 atom stereocenters. The van der Waals surface area contributed by atoms with Crippen LogP contribution in [-0.4, -0.2) is 41.0 Å². The maximum atomic E-state index is 10.5. The highest BCUT2D eigenvalue weighted by Crippen LogP contribution is 2.24. The molecule has 7 heteroatoms. The van der Waals surface area contributed by atoms with Crippen molar-refractivity contribution in [3.8, 4) is 0 Å². The Hall–Kier alpha value is -1.21. The van der Waals surface area contributed by atoms with Gasteiger partial charge >= 0.3 is 5.00 Å². The molecule has 6 nitrogen and oxygen atoms in total.